The molecule has 0 radical (unpaired) electrons. The third-order valence-electron chi connectivity index (χ3n) is 2.84. The number of rotatable bonds is 5. The van der Waals surface area contributed by atoms with Crippen molar-refractivity contribution in [1.82, 2.24) is 0 Å². The van der Waals surface area contributed by atoms with Crippen LogP contribution in [0.1, 0.15) is 38.7 Å². The third-order valence-corrected chi connectivity index (χ3v) is 2.84. The van der Waals surface area contributed by atoms with E-state index >= 15 is 0 Å². The first-order valence-corrected chi connectivity index (χ1v) is 6.01. The molecular formula is C14H21NO. The van der Waals surface area contributed by atoms with Gasteiger partial charge in [-0.05, 0) is 25.0 Å². The van der Waals surface area contributed by atoms with Gasteiger partial charge >= 0.3 is 0 Å². The molecule has 1 rings (SSSR count). The number of aryl methyl sites for hydroxylation is 1. The van der Waals surface area contributed by atoms with Gasteiger partial charge in [0.15, 0.2) is 0 Å². The maximum absolute atomic E-state index is 11.9. The normalized spacial score (nSPS) is 12.2. The first-order chi connectivity index (χ1) is 7.65. The fraction of sp³-hybridized carbons (Fsp3) is 0.500. The average molecular weight is 219 g/mol. The lowest BCUT2D eigenvalue weighted by molar-refractivity contribution is -0.119. The molecule has 0 saturated carbocycles. The molecule has 2 heteroatoms. The van der Waals surface area contributed by atoms with E-state index in [4.69, 9.17) is 0 Å². The van der Waals surface area contributed by atoms with Gasteiger partial charge in [-0.3, -0.25) is 4.79 Å². The van der Waals surface area contributed by atoms with Crippen LogP contribution in [-0.4, -0.2) is 5.91 Å². The average Bonchev–Trinajstić information content (AvgIpc) is 2.28. The van der Waals surface area contributed by atoms with Gasteiger partial charge in [-0.1, -0.05) is 44.9 Å². The fourth-order valence-electron chi connectivity index (χ4n) is 1.61. The summed E-state index contributed by atoms with van der Waals surface area (Å²) in [5.74, 6) is 0.224. The van der Waals surface area contributed by atoms with Gasteiger partial charge in [-0.15, -0.1) is 0 Å². The molecule has 1 amide bonds. The molecule has 0 heterocycles. The second-order valence-corrected chi connectivity index (χ2v) is 4.35. The summed E-state index contributed by atoms with van der Waals surface area (Å²) in [7, 11) is 0. The highest BCUT2D eigenvalue weighted by atomic mass is 16.1. The smallest absolute Gasteiger partial charge is 0.227 e. The highest BCUT2D eigenvalue weighted by Gasteiger charge is 2.12. The number of para-hydroxylation sites is 1. The van der Waals surface area contributed by atoms with Gasteiger partial charge in [0.1, 0.15) is 0 Å². The number of unbranched alkanes of at least 4 members (excludes halogenated alkanes) is 1. The van der Waals surface area contributed by atoms with Crippen LogP contribution in [0.2, 0.25) is 0 Å². The third kappa shape index (κ3) is 3.69. The first-order valence-electron chi connectivity index (χ1n) is 6.01. The summed E-state index contributed by atoms with van der Waals surface area (Å²) in [5.41, 5.74) is 2.04. The molecule has 0 aromatic heterocycles. The van der Waals surface area contributed by atoms with E-state index in [0.717, 1.165) is 30.5 Å². The zero-order valence-electron chi connectivity index (χ0n) is 10.4. The summed E-state index contributed by atoms with van der Waals surface area (Å²) >= 11 is 0. The van der Waals surface area contributed by atoms with E-state index in [0.29, 0.717) is 0 Å². The Hall–Kier alpha value is -1.31. The number of anilines is 1. The Kier molecular flexibility index (Phi) is 5.03. The molecule has 0 aliphatic rings. The number of nitrogens with one attached hydrogen (secondary N) is 1. The van der Waals surface area contributed by atoms with Crippen LogP contribution in [0, 0.1) is 12.8 Å². The van der Waals surface area contributed by atoms with Crippen LogP contribution in [0.15, 0.2) is 24.3 Å². The van der Waals surface area contributed by atoms with Crippen LogP contribution < -0.4 is 5.32 Å². The molecule has 0 saturated heterocycles. The van der Waals surface area contributed by atoms with Crippen LogP contribution in [0.5, 0.6) is 0 Å². The maximum Gasteiger partial charge on any atom is 0.227 e. The molecule has 16 heavy (non-hydrogen) atoms. The van der Waals surface area contributed by atoms with Gasteiger partial charge in [0.2, 0.25) is 5.91 Å². The fourth-order valence-corrected chi connectivity index (χ4v) is 1.61. The standard InChI is InChI=1S/C14H21NO/c1-4-5-8-12(3)14(16)15-13-10-7-6-9-11(13)2/h6-7,9-10,12H,4-5,8H2,1-3H3,(H,15,16). The van der Waals surface area contributed by atoms with Crippen LogP contribution in [-0.2, 0) is 4.79 Å². The van der Waals surface area contributed by atoms with Crippen molar-refractivity contribution in [3.05, 3.63) is 29.8 Å². The van der Waals surface area contributed by atoms with E-state index < -0.39 is 0 Å². The van der Waals surface area contributed by atoms with E-state index in [1.54, 1.807) is 0 Å². The lowest BCUT2D eigenvalue weighted by Gasteiger charge is -2.13. The Morgan fingerprint density at radius 1 is 1.38 bits per heavy atom. The predicted molar refractivity (Wildman–Crippen MR) is 68.5 cm³/mol. The van der Waals surface area contributed by atoms with E-state index in [1.807, 2.05) is 38.1 Å². The number of hydrogen-bond donors (Lipinski definition) is 1. The molecule has 0 bridgehead atoms. The minimum atomic E-state index is 0.0968. The van der Waals surface area contributed by atoms with Crippen molar-refractivity contribution in [1.29, 1.82) is 0 Å². The van der Waals surface area contributed by atoms with Crippen molar-refractivity contribution in [2.45, 2.75) is 40.0 Å². The number of hydrogen-bond acceptors (Lipinski definition) is 1. The lowest BCUT2D eigenvalue weighted by atomic mass is 10.0. The number of carbonyl (C=O) groups excluding carboxylic acids is 1. The zero-order valence-corrected chi connectivity index (χ0v) is 10.4. The topological polar surface area (TPSA) is 29.1 Å². The van der Waals surface area contributed by atoms with E-state index in [-0.39, 0.29) is 11.8 Å². The molecule has 1 N–H and O–H groups in total. The number of benzene rings is 1. The molecule has 88 valence electrons. The number of amides is 1. The van der Waals surface area contributed by atoms with Gasteiger partial charge < -0.3 is 5.32 Å². The van der Waals surface area contributed by atoms with Crippen molar-refractivity contribution >= 4 is 11.6 Å². The Morgan fingerprint density at radius 2 is 2.06 bits per heavy atom. The van der Waals surface area contributed by atoms with Crippen molar-refractivity contribution in [2.24, 2.45) is 5.92 Å². The highest BCUT2D eigenvalue weighted by molar-refractivity contribution is 5.92. The maximum atomic E-state index is 11.9. The highest BCUT2D eigenvalue weighted by Crippen LogP contribution is 2.16. The van der Waals surface area contributed by atoms with Gasteiger partial charge in [0, 0.05) is 11.6 Å². The first kappa shape index (κ1) is 12.8. The summed E-state index contributed by atoms with van der Waals surface area (Å²) in [4.78, 5) is 11.9. The minimum absolute atomic E-state index is 0.0968. The molecule has 1 aromatic rings. The Labute approximate surface area is 98.1 Å². The molecule has 0 aliphatic carbocycles. The molecule has 0 spiro atoms. The molecular weight excluding hydrogens is 198 g/mol. The van der Waals surface area contributed by atoms with Crippen LogP contribution in [0.25, 0.3) is 0 Å². The largest absolute Gasteiger partial charge is 0.326 e. The lowest BCUT2D eigenvalue weighted by Crippen LogP contribution is -2.20. The molecule has 1 unspecified atom stereocenters. The molecule has 0 fully saturated rings. The summed E-state index contributed by atoms with van der Waals surface area (Å²) in [6, 6.07) is 7.87. The molecule has 0 aliphatic heterocycles. The van der Waals surface area contributed by atoms with Crippen molar-refractivity contribution in [2.75, 3.05) is 5.32 Å². The van der Waals surface area contributed by atoms with Gasteiger partial charge in [0.25, 0.3) is 0 Å². The van der Waals surface area contributed by atoms with Crippen LogP contribution in [0.3, 0.4) is 0 Å². The minimum Gasteiger partial charge on any atom is -0.326 e. The predicted octanol–water partition coefficient (Wildman–Crippen LogP) is 3.76. The van der Waals surface area contributed by atoms with E-state index in [2.05, 4.69) is 12.2 Å². The van der Waals surface area contributed by atoms with Gasteiger partial charge in [0.05, 0.1) is 0 Å². The Bertz CT molecular complexity index is 346. The van der Waals surface area contributed by atoms with E-state index in [9.17, 15) is 4.79 Å². The number of carbonyl (C=O) groups is 1. The van der Waals surface area contributed by atoms with E-state index in [1.165, 1.54) is 0 Å². The Morgan fingerprint density at radius 3 is 2.69 bits per heavy atom. The Balaban J connectivity index is 2.54. The quantitative estimate of drug-likeness (QED) is 0.802. The van der Waals surface area contributed by atoms with Gasteiger partial charge in [-0.25, -0.2) is 0 Å². The summed E-state index contributed by atoms with van der Waals surface area (Å²) < 4.78 is 0. The zero-order chi connectivity index (χ0) is 12.0. The molecule has 1 atom stereocenters. The summed E-state index contributed by atoms with van der Waals surface area (Å²) in [5, 5.41) is 2.98. The van der Waals surface area contributed by atoms with Crippen molar-refractivity contribution in [3.8, 4) is 0 Å². The van der Waals surface area contributed by atoms with Gasteiger partial charge in [-0.2, -0.15) is 0 Å². The SMILES string of the molecule is CCCCC(C)C(=O)Nc1ccccc1C. The van der Waals surface area contributed by atoms with Crippen LogP contribution in [0.4, 0.5) is 5.69 Å². The molecule has 1 aromatic carbocycles. The monoisotopic (exact) mass is 219 g/mol. The second-order valence-electron chi connectivity index (χ2n) is 4.35. The molecule has 2 nitrogen and oxygen atoms in total. The van der Waals surface area contributed by atoms with Crippen molar-refractivity contribution in [3.63, 3.8) is 0 Å². The van der Waals surface area contributed by atoms with Crippen LogP contribution >= 0.6 is 0 Å². The summed E-state index contributed by atoms with van der Waals surface area (Å²) in [6.45, 7) is 6.14. The van der Waals surface area contributed by atoms with Crippen molar-refractivity contribution < 1.29 is 4.79 Å². The second kappa shape index (κ2) is 6.31. The summed E-state index contributed by atoms with van der Waals surface area (Å²) in [6.07, 6.45) is 3.22.